The third-order valence-electron chi connectivity index (χ3n) is 4.28. The minimum Gasteiger partial charge on any atom is -0.461 e. The van der Waals surface area contributed by atoms with Crippen molar-refractivity contribution in [1.29, 1.82) is 0 Å². The fraction of sp³-hybridized carbons (Fsp3) is 0.188. The molecule has 1 aliphatic heterocycles. The number of hydrogen-bond acceptors (Lipinski definition) is 6. The van der Waals surface area contributed by atoms with Gasteiger partial charge in [0.1, 0.15) is 0 Å². The highest BCUT2D eigenvalue weighted by atomic mass is 79.9. The van der Waals surface area contributed by atoms with Crippen molar-refractivity contribution in [2.24, 2.45) is 0 Å². The van der Waals surface area contributed by atoms with Crippen LogP contribution in [0.4, 0.5) is 0 Å². The predicted octanol–water partition coefficient (Wildman–Crippen LogP) is 2.00. The number of rotatable bonds is 2. The summed E-state index contributed by atoms with van der Waals surface area (Å²) in [5, 5.41) is 12.7. The highest BCUT2D eigenvalue weighted by Gasteiger charge is 2.27. The second-order valence-electron chi connectivity index (χ2n) is 5.90. The van der Waals surface area contributed by atoms with E-state index >= 15 is 0 Å². The highest BCUT2D eigenvalue weighted by molar-refractivity contribution is 9.10. The van der Waals surface area contributed by atoms with Gasteiger partial charge in [-0.2, -0.15) is 5.10 Å². The van der Waals surface area contributed by atoms with Gasteiger partial charge in [0.05, 0.1) is 17.3 Å². The van der Waals surface area contributed by atoms with E-state index < -0.39 is 0 Å². The largest absolute Gasteiger partial charge is 0.461 e. The monoisotopic (exact) mass is 413 g/mol. The summed E-state index contributed by atoms with van der Waals surface area (Å²) in [4.78, 5) is 18.8. The first-order valence-electron chi connectivity index (χ1n) is 7.95. The van der Waals surface area contributed by atoms with Gasteiger partial charge in [-0.05, 0) is 28.1 Å². The van der Waals surface area contributed by atoms with Gasteiger partial charge in [-0.25, -0.2) is 9.50 Å². The number of nitrogens with zero attached hydrogens (tertiary/aromatic N) is 7. The topological polar surface area (TPSA) is 94.4 Å². The van der Waals surface area contributed by atoms with E-state index in [1.807, 2.05) is 16.7 Å². The maximum Gasteiger partial charge on any atom is 0.274 e. The lowest BCUT2D eigenvalue weighted by Crippen LogP contribution is -2.38. The van der Waals surface area contributed by atoms with Crippen LogP contribution in [-0.2, 0) is 13.1 Å². The number of halogens is 1. The molecule has 0 unspecified atom stereocenters. The van der Waals surface area contributed by atoms with Crippen molar-refractivity contribution in [2.75, 3.05) is 6.54 Å². The Hall–Kier alpha value is -3.01. The lowest BCUT2D eigenvalue weighted by Gasteiger charge is -2.26. The smallest absolute Gasteiger partial charge is 0.274 e. The Morgan fingerprint density at radius 1 is 1.27 bits per heavy atom. The fourth-order valence-electron chi connectivity index (χ4n) is 3.04. The third kappa shape index (κ3) is 2.41. The average molecular weight is 414 g/mol. The zero-order valence-corrected chi connectivity index (χ0v) is 15.0. The molecular weight excluding hydrogens is 402 g/mol. The highest BCUT2D eigenvalue weighted by Crippen LogP contribution is 2.23. The van der Waals surface area contributed by atoms with Crippen LogP contribution >= 0.6 is 15.9 Å². The van der Waals surface area contributed by atoms with E-state index in [1.165, 1.54) is 0 Å². The molecule has 0 saturated carbocycles. The van der Waals surface area contributed by atoms with Crippen LogP contribution in [-0.4, -0.2) is 46.7 Å². The minimum absolute atomic E-state index is 0.152. The molecule has 0 aliphatic carbocycles. The van der Waals surface area contributed by atoms with E-state index in [1.54, 1.807) is 34.1 Å². The summed E-state index contributed by atoms with van der Waals surface area (Å²) in [5.74, 6) is 1.92. The van der Waals surface area contributed by atoms with Crippen LogP contribution in [0.25, 0.3) is 17.2 Å². The zero-order chi connectivity index (χ0) is 17.7. The molecule has 0 bridgehead atoms. The maximum absolute atomic E-state index is 12.8. The van der Waals surface area contributed by atoms with Gasteiger partial charge in [0.2, 0.25) is 0 Å². The SMILES string of the molecule is O=C(c1cc2ncc(Br)cn2n1)N1CCn2c(nnc2-c2ccco2)C1. The van der Waals surface area contributed by atoms with E-state index in [4.69, 9.17) is 4.42 Å². The summed E-state index contributed by atoms with van der Waals surface area (Å²) in [7, 11) is 0. The Labute approximate surface area is 155 Å². The summed E-state index contributed by atoms with van der Waals surface area (Å²) >= 11 is 3.35. The van der Waals surface area contributed by atoms with Gasteiger partial charge in [-0.1, -0.05) is 0 Å². The van der Waals surface area contributed by atoms with Crippen molar-refractivity contribution in [3.8, 4) is 11.6 Å². The molecule has 10 heteroatoms. The zero-order valence-electron chi connectivity index (χ0n) is 13.4. The standard InChI is InChI=1S/C16H12BrN7O2/c17-10-7-18-13-6-11(21-24(13)8-10)16(25)22-3-4-23-14(9-22)19-20-15(23)12-2-1-5-26-12/h1-2,5-8H,3-4,9H2. The molecule has 4 aromatic rings. The van der Waals surface area contributed by atoms with Crippen molar-refractivity contribution in [1.82, 2.24) is 34.3 Å². The van der Waals surface area contributed by atoms with E-state index in [0.717, 1.165) is 10.3 Å². The van der Waals surface area contributed by atoms with Crippen LogP contribution < -0.4 is 0 Å². The van der Waals surface area contributed by atoms with E-state index in [0.29, 0.717) is 42.6 Å². The predicted molar refractivity (Wildman–Crippen MR) is 93.2 cm³/mol. The molecule has 9 nitrogen and oxygen atoms in total. The second-order valence-corrected chi connectivity index (χ2v) is 6.82. The first-order chi connectivity index (χ1) is 12.7. The summed E-state index contributed by atoms with van der Waals surface area (Å²) in [6, 6.07) is 5.34. The summed E-state index contributed by atoms with van der Waals surface area (Å²) in [5.41, 5.74) is 0.978. The molecule has 0 N–H and O–H groups in total. The number of furan rings is 1. The quantitative estimate of drug-likeness (QED) is 0.498. The molecule has 5 heterocycles. The van der Waals surface area contributed by atoms with Crippen LogP contribution in [0.5, 0.6) is 0 Å². The number of fused-ring (bicyclic) bond motifs is 2. The van der Waals surface area contributed by atoms with Gasteiger partial charge < -0.3 is 13.9 Å². The number of carbonyl (C=O) groups is 1. The molecule has 0 fully saturated rings. The number of aromatic nitrogens is 6. The lowest BCUT2D eigenvalue weighted by molar-refractivity contribution is 0.0701. The molecule has 4 aromatic heterocycles. The van der Waals surface area contributed by atoms with Crippen molar-refractivity contribution in [3.63, 3.8) is 0 Å². The summed E-state index contributed by atoms with van der Waals surface area (Å²) < 4.78 is 9.76. The van der Waals surface area contributed by atoms with E-state index in [2.05, 4.69) is 36.2 Å². The van der Waals surface area contributed by atoms with Gasteiger partial charge in [0, 0.05) is 31.5 Å². The van der Waals surface area contributed by atoms with E-state index in [9.17, 15) is 4.79 Å². The van der Waals surface area contributed by atoms with Gasteiger partial charge in [-0.15, -0.1) is 10.2 Å². The van der Waals surface area contributed by atoms with Crippen molar-refractivity contribution < 1.29 is 9.21 Å². The fourth-order valence-corrected chi connectivity index (χ4v) is 3.34. The Kier molecular flexibility index (Phi) is 3.38. The van der Waals surface area contributed by atoms with Crippen LogP contribution in [0.3, 0.4) is 0 Å². The summed E-state index contributed by atoms with van der Waals surface area (Å²) in [6.45, 7) is 1.52. The van der Waals surface area contributed by atoms with Crippen molar-refractivity contribution >= 4 is 27.5 Å². The van der Waals surface area contributed by atoms with Crippen molar-refractivity contribution in [2.45, 2.75) is 13.1 Å². The van der Waals surface area contributed by atoms with Gasteiger partial charge in [0.15, 0.2) is 28.8 Å². The maximum atomic E-state index is 12.8. The second kappa shape index (κ2) is 5.77. The first-order valence-corrected chi connectivity index (χ1v) is 8.74. The third-order valence-corrected chi connectivity index (χ3v) is 4.69. The molecule has 0 saturated heterocycles. The normalized spacial score (nSPS) is 14.0. The van der Waals surface area contributed by atoms with Gasteiger partial charge in [-0.3, -0.25) is 4.79 Å². The van der Waals surface area contributed by atoms with Crippen LogP contribution in [0.1, 0.15) is 16.3 Å². The molecule has 1 aliphatic rings. The first kappa shape index (κ1) is 15.3. The lowest BCUT2D eigenvalue weighted by atomic mass is 10.3. The molecule has 1 amide bonds. The Morgan fingerprint density at radius 3 is 3.04 bits per heavy atom. The molecule has 0 aromatic carbocycles. The van der Waals surface area contributed by atoms with Gasteiger partial charge >= 0.3 is 0 Å². The van der Waals surface area contributed by atoms with Gasteiger partial charge in [0.25, 0.3) is 5.91 Å². The molecule has 5 rings (SSSR count). The Balaban J connectivity index is 1.42. The van der Waals surface area contributed by atoms with Crippen molar-refractivity contribution in [3.05, 3.63) is 52.8 Å². The Bertz CT molecular complexity index is 1120. The Morgan fingerprint density at radius 2 is 2.19 bits per heavy atom. The molecular formula is C16H12BrN7O2. The molecule has 0 radical (unpaired) electrons. The van der Waals surface area contributed by atoms with Crippen LogP contribution in [0, 0.1) is 0 Å². The number of hydrogen-bond donors (Lipinski definition) is 0. The molecule has 130 valence electrons. The molecule has 26 heavy (non-hydrogen) atoms. The average Bonchev–Trinajstić information content (AvgIpc) is 3.38. The molecule has 0 spiro atoms. The number of carbonyl (C=O) groups excluding carboxylic acids is 1. The summed E-state index contributed by atoms with van der Waals surface area (Å²) in [6.07, 6.45) is 5.04. The molecule has 0 atom stereocenters. The minimum atomic E-state index is -0.152. The van der Waals surface area contributed by atoms with Crippen LogP contribution in [0.2, 0.25) is 0 Å². The number of amides is 1. The van der Waals surface area contributed by atoms with Crippen LogP contribution in [0.15, 0.2) is 45.7 Å². The van der Waals surface area contributed by atoms with E-state index in [-0.39, 0.29) is 5.91 Å².